The van der Waals surface area contributed by atoms with Crippen molar-refractivity contribution < 1.29 is 14.7 Å². The molecular formula is C14H17NO3S. The Labute approximate surface area is 116 Å². The lowest BCUT2D eigenvalue weighted by Gasteiger charge is -2.29. The second-order valence-electron chi connectivity index (χ2n) is 4.46. The third-order valence-corrected chi connectivity index (χ3v) is 4.10. The largest absolute Gasteiger partial charge is 0.481 e. The van der Waals surface area contributed by atoms with Crippen molar-refractivity contribution >= 4 is 29.3 Å². The molecule has 102 valence electrons. The highest BCUT2D eigenvalue weighted by Gasteiger charge is 2.21. The van der Waals surface area contributed by atoms with Crippen molar-refractivity contribution in [1.29, 1.82) is 0 Å². The van der Waals surface area contributed by atoms with Gasteiger partial charge >= 0.3 is 5.97 Å². The summed E-state index contributed by atoms with van der Waals surface area (Å²) >= 11 is 1.77. The Hall–Kier alpha value is -1.49. The van der Waals surface area contributed by atoms with Gasteiger partial charge in [-0.05, 0) is 25.0 Å². The maximum Gasteiger partial charge on any atom is 0.303 e. The number of fused-ring (bicyclic) bond motifs is 1. The summed E-state index contributed by atoms with van der Waals surface area (Å²) in [7, 11) is 0. The van der Waals surface area contributed by atoms with Crippen molar-refractivity contribution in [2.45, 2.75) is 30.6 Å². The van der Waals surface area contributed by atoms with Gasteiger partial charge in [-0.3, -0.25) is 9.59 Å². The molecule has 0 atom stereocenters. The van der Waals surface area contributed by atoms with Crippen molar-refractivity contribution in [2.24, 2.45) is 0 Å². The molecule has 0 bridgehead atoms. The molecule has 19 heavy (non-hydrogen) atoms. The van der Waals surface area contributed by atoms with Crippen LogP contribution in [0.1, 0.15) is 25.7 Å². The van der Waals surface area contributed by atoms with Gasteiger partial charge in [-0.2, -0.15) is 0 Å². The highest BCUT2D eigenvalue weighted by molar-refractivity contribution is 7.99. The van der Waals surface area contributed by atoms with Gasteiger partial charge in [0.15, 0.2) is 0 Å². The molecule has 0 unspecified atom stereocenters. The summed E-state index contributed by atoms with van der Waals surface area (Å²) in [5.74, 6) is 0.211. The molecule has 1 aliphatic rings. The van der Waals surface area contributed by atoms with Crippen LogP contribution in [-0.4, -0.2) is 29.3 Å². The van der Waals surface area contributed by atoms with Gasteiger partial charge in [0, 0.05) is 30.0 Å². The number of hydrogen-bond acceptors (Lipinski definition) is 3. The average Bonchev–Trinajstić information content (AvgIpc) is 2.42. The lowest BCUT2D eigenvalue weighted by molar-refractivity contribution is -0.137. The molecule has 0 saturated carbocycles. The minimum Gasteiger partial charge on any atom is -0.481 e. The normalized spacial score (nSPS) is 14.0. The summed E-state index contributed by atoms with van der Waals surface area (Å²) < 4.78 is 0. The minimum absolute atomic E-state index is 0.0955. The molecule has 1 amide bonds. The molecule has 5 heteroatoms. The first-order valence-electron chi connectivity index (χ1n) is 6.42. The molecule has 0 radical (unpaired) electrons. The van der Waals surface area contributed by atoms with Crippen LogP contribution in [0.2, 0.25) is 0 Å². The minimum atomic E-state index is -0.799. The lowest BCUT2D eigenvalue weighted by Crippen LogP contribution is -2.35. The van der Waals surface area contributed by atoms with E-state index in [1.54, 1.807) is 11.8 Å². The van der Waals surface area contributed by atoms with Crippen LogP contribution in [0.5, 0.6) is 0 Å². The number of anilines is 1. The van der Waals surface area contributed by atoms with Gasteiger partial charge in [-0.15, -0.1) is 11.8 Å². The van der Waals surface area contributed by atoms with E-state index in [2.05, 4.69) is 0 Å². The number of hydrogen-bond donors (Lipinski definition) is 1. The second kappa shape index (κ2) is 6.61. The summed E-state index contributed by atoms with van der Waals surface area (Å²) in [5, 5.41) is 8.56. The quantitative estimate of drug-likeness (QED) is 0.842. The van der Waals surface area contributed by atoms with Gasteiger partial charge < -0.3 is 10.0 Å². The molecule has 0 aliphatic carbocycles. The third kappa shape index (κ3) is 3.73. The summed E-state index contributed by atoms with van der Waals surface area (Å²) in [5.41, 5.74) is 0.988. The summed E-state index contributed by atoms with van der Waals surface area (Å²) in [6.07, 6.45) is 1.76. The van der Waals surface area contributed by atoms with Crippen LogP contribution in [0.25, 0.3) is 0 Å². The number of benzene rings is 1. The maximum absolute atomic E-state index is 12.2. The number of carbonyl (C=O) groups excluding carboxylic acids is 1. The molecular weight excluding hydrogens is 262 g/mol. The fraction of sp³-hybridized carbons (Fsp3) is 0.429. The number of unbranched alkanes of at least 4 members (excludes halogenated alkanes) is 1. The predicted octanol–water partition coefficient (Wildman–Crippen LogP) is 2.77. The Morgan fingerprint density at radius 2 is 1.95 bits per heavy atom. The first-order valence-corrected chi connectivity index (χ1v) is 7.41. The van der Waals surface area contributed by atoms with Crippen LogP contribution in [0, 0.1) is 0 Å². The average molecular weight is 279 g/mol. The van der Waals surface area contributed by atoms with Crippen LogP contribution < -0.4 is 4.90 Å². The van der Waals surface area contributed by atoms with E-state index >= 15 is 0 Å². The monoisotopic (exact) mass is 279 g/mol. The van der Waals surface area contributed by atoms with Crippen LogP contribution in [0.4, 0.5) is 5.69 Å². The number of carboxylic acid groups (broad SMARTS) is 1. The third-order valence-electron chi connectivity index (χ3n) is 3.06. The predicted molar refractivity (Wildman–Crippen MR) is 75.6 cm³/mol. The molecule has 0 saturated heterocycles. The van der Waals surface area contributed by atoms with Crippen molar-refractivity contribution in [1.82, 2.24) is 0 Å². The molecule has 1 heterocycles. The number of carboxylic acids is 1. The second-order valence-corrected chi connectivity index (χ2v) is 5.60. The molecule has 1 aliphatic heterocycles. The van der Waals surface area contributed by atoms with Gasteiger partial charge in [0.1, 0.15) is 0 Å². The van der Waals surface area contributed by atoms with E-state index in [0.29, 0.717) is 19.3 Å². The summed E-state index contributed by atoms with van der Waals surface area (Å²) in [6.45, 7) is 0.736. The fourth-order valence-corrected chi connectivity index (χ4v) is 3.11. The molecule has 0 aromatic heterocycles. The molecule has 1 aromatic carbocycles. The van der Waals surface area contributed by atoms with Crippen molar-refractivity contribution in [2.75, 3.05) is 17.2 Å². The van der Waals surface area contributed by atoms with Crippen molar-refractivity contribution in [3.05, 3.63) is 24.3 Å². The Kier molecular flexibility index (Phi) is 4.85. The molecule has 0 fully saturated rings. The molecule has 4 nitrogen and oxygen atoms in total. The number of amides is 1. The molecule has 1 aromatic rings. The van der Waals surface area contributed by atoms with Crippen LogP contribution in [-0.2, 0) is 9.59 Å². The number of thioether (sulfide) groups is 1. The van der Waals surface area contributed by atoms with Gasteiger partial charge in [-0.1, -0.05) is 12.1 Å². The first kappa shape index (κ1) is 13.9. The molecule has 1 N–H and O–H groups in total. The van der Waals surface area contributed by atoms with E-state index < -0.39 is 5.97 Å². The number of rotatable bonds is 5. The van der Waals surface area contributed by atoms with Crippen molar-refractivity contribution in [3.63, 3.8) is 0 Å². The Morgan fingerprint density at radius 1 is 1.21 bits per heavy atom. The number of carbonyl (C=O) groups is 2. The fourth-order valence-electron chi connectivity index (χ4n) is 2.12. The van der Waals surface area contributed by atoms with E-state index in [1.807, 2.05) is 29.2 Å². The highest BCUT2D eigenvalue weighted by Crippen LogP contribution is 2.34. The van der Waals surface area contributed by atoms with Crippen LogP contribution >= 0.6 is 11.8 Å². The van der Waals surface area contributed by atoms with Gasteiger partial charge in [0.25, 0.3) is 0 Å². The standard InChI is InChI=1S/C14H17NO3S/c16-13(7-3-4-8-14(17)18)15-9-10-19-12-6-2-1-5-11(12)15/h1-2,5-6H,3-4,7-10H2,(H,17,18). The summed E-state index contributed by atoms with van der Waals surface area (Å²) in [4.78, 5) is 25.6. The van der Waals surface area contributed by atoms with Crippen LogP contribution in [0.3, 0.4) is 0 Å². The zero-order chi connectivity index (χ0) is 13.7. The number of nitrogens with zero attached hydrogens (tertiary/aromatic N) is 1. The van der Waals surface area contributed by atoms with Gasteiger partial charge in [-0.25, -0.2) is 0 Å². The first-order chi connectivity index (χ1) is 9.18. The molecule has 2 rings (SSSR count). The smallest absolute Gasteiger partial charge is 0.303 e. The zero-order valence-electron chi connectivity index (χ0n) is 10.7. The van der Waals surface area contributed by atoms with Gasteiger partial charge in [0.2, 0.25) is 5.91 Å². The molecule has 0 spiro atoms. The maximum atomic E-state index is 12.2. The topological polar surface area (TPSA) is 57.6 Å². The van der Waals surface area contributed by atoms with Crippen molar-refractivity contribution in [3.8, 4) is 0 Å². The Bertz CT molecular complexity index is 476. The van der Waals surface area contributed by atoms with E-state index in [1.165, 1.54) is 0 Å². The summed E-state index contributed by atoms with van der Waals surface area (Å²) in [6, 6.07) is 7.92. The highest BCUT2D eigenvalue weighted by atomic mass is 32.2. The van der Waals surface area contributed by atoms with E-state index in [9.17, 15) is 9.59 Å². The van der Waals surface area contributed by atoms with E-state index in [4.69, 9.17) is 5.11 Å². The number of aliphatic carboxylic acids is 1. The van der Waals surface area contributed by atoms with Gasteiger partial charge in [0.05, 0.1) is 5.69 Å². The lowest BCUT2D eigenvalue weighted by atomic mass is 10.1. The zero-order valence-corrected chi connectivity index (χ0v) is 11.5. The Morgan fingerprint density at radius 3 is 2.74 bits per heavy atom. The van der Waals surface area contributed by atoms with Crippen LogP contribution in [0.15, 0.2) is 29.2 Å². The van der Waals surface area contributed by atoms with E-state index in [0.717, 1.165) is 22.9 Å². The Balaban J connectivity index is 1.92. The number of para-hydroxylation sites is 1. The SMILES string of the molecule is O=C(O)CCCCC(=O)N1CCSc2ccccc21. The van der Waals surface area contributed by atoms with E-state index in [-0.39, 0.29) is 12.3 Å².